The van der Waals surface area contributed by atoms with Gasteiger partial charge >= 0.3 is 0 Å². The molecule has 0 saturated carbocycles. The summed E-state index contributed by atoms with van der Waals surface area (Å²) >= 11 is 5.52. The maximum absolute atomic E-state index is 13.1. The molecule has 0 radical (unpaired) electrons. The molecule has 0 aliphatic carbocycles. The van der Waals surface area contributed by atoms with Crippen molar-refractivity contribution in [1.29, 1.82) is 0 Å². The van der Waals surface area contributed by atoms with Gasteiger partial charge in [-0.05, 0) is 24.6 Å². The second kappa shape index (κ2) is 4.73. The van der Waals surface area contributed by atoms with Gasteiger partial charge in [-0.25, -0.2) is 18.4 Å². The number of anilines is 1. The average Bonchev–Trinajstić information content (AvgIpc) is 2.62. The Morgan fingerprint density at radius 1 is 1.44 bits per heavy atom. The molecule has 0 atom stereocenters. The predicted molar refractivity (Wildman–Crippen MR) is 65.7 cm³/mol. The van der Waals surface area contributed by atoms with Crippen molar-refractivity contribution >= 4 is 23.8 Å². The summed E-state index contributed by atoms with van der Waals surface area (Å²) in [5.74, 6) is -1.90. The molecule has 0 aliphatic heterocycles. The molecular weight excluding hydrogens is 262 g/mol. The van der Waals surface area contributed by atoms with E-state index in [1.807, 2.05) is 0 Å². The first-order valence-corrected chi connectivity index (χ1v) is 5.35. The minimum atomic E-state index is -1.08. The molecule has 0 unspecified atom stereocenters. The Bertz CT molecular complexity index is 598. The van der Waals surface area contributed by atoms with Gasteiger partial charge in [0.05, 0.1) is 23.1 Å². The molecule has 0 aliphatic rings. The van der Waals surface area contributed by atoms with E-state index in [2.05, 4.69) is 10.1 Å². The fourth-order valence-corrected chi connectivity index (χ4v) is 1.59. The Labute approximate surface area is 107 Å². The number of halogens is 3. The average molecular weight is 271 g/mol. The zero-order chi connectivity index (χ0) is 13.3. The van der Waals surface area contributed by atoms with Crippen LogP contribution < -0.4 is 5.73 Å². The third-order valence-electron chi connectivity index (χ3n) is 2.17. The lowest BCUT2D eigenvalue weighted by molar-refractivity contribution is 0.509. The van der Waals surface area contributed by atoms with Gasteiger partial charge in [-0.3, -0.25) is 0 Å². The van der Waals surface area contributed by atoms with Crippen LogP contribution in [0.4, 0.5) is 14.7 Å². The molecule has 2 rings (SSSR count). The van der Waals surface area contributed by atoms with Crippen LogP contribution in [0.5, 0.6) is 0 Å². The lowest BCUT2D eigenvalue weighted by Gasteiger charge is -1.99. The summed E-state index contributed by atoms with van der Waals surface area (Å²) in [7, 11) is 0. The Balaban J connectivity index is 2.32. The van der Waals surface area contributed by atoms with E-state index in [1.165, 1.54) is 17.0 Å². The van der Waals surface area contributed by atoms with E-state index >= 15 is 0 Å². The molecule has 7 heteroatoms. The quantitative estimate of drug-likeness (QED) is 0.674. The Morgan fingerprint density at radius 3 is 2.72 bits per heavy atom. The molecule has 4 nitrogen and oxygen atoms in total. The van der Waals surface area contributed by atoms with E-state index < -0.39 is 11.6 Å². The first-order chi connectivity index (χ1) is 8.47. The Kier molecular flexibility index (Phi) is 3.29. The number of nitrogens with zero attached hydrogens (tertiary/aromatic N) is 3. The van der Waals surface area contributed by atoms with Crippen molar-refractivity contribution < 1.29 is 8.78 Å². The second-order valence-electron chi connectivity index (χ2n) is 3.63. The minimum absolute atomic E-state index is 0.206. The highest BCUT2D eigenvalue weighted by Crippen LogP contribution is 2.18. The molecule has 1 heterocycles. The number of hydrogen-bond donors (Lipinski definition) is 1. The van der Waals surface area contributed by atoms with Gasteiger partial charge in [0, 0.05) is 0 Å². The number of hydrogen-bond acceptors (Lipinski definition) is 3. The largest absolute Gasteiger partial charge is 0.368 e. The van der Waals surface area contributed by atoms with Crippen LogP contribution >= 0.6 is 11.6 Å². The standard InChI is InChI=1S/C11H9ClF2N4/c1-6-5-18(11(15)17-6)16-4-7-2-8(12)10(14)9(13)3-7/h2-5H,1H3,(H2,15,17). The number of nitrogen functional groups attached to an aromatic ring is 1. The molecule has 18 heavy (non-hydrogen) atoms. The molecule has 94 valence electrons. The third kappa shape index (κ3) is 2.48. The molecule has 2 N–H and O–H groups in total. The first kappa shape index (κ1) is 12.5. The Hall–Kier alpha value is -1.95. The van der Waals surface area contributed by atoms with Crippen LogP contribution in [0, 0.1) is 18.6 Å². The van der Waals surface area contributed by atoms with E-state index in [4.69, 9.17) is 17.3 Å². The van der Waals surface area contributed by atoms with Crippen LogP contribution in [0.1, 0.15) is 11.3 Å². The maximum atomic E-state index is 13.1. The molecule has 1 aromatic heterocycles. The molecule has 0 saturated heterocycles. The van der Waals surface area contributed by atoms with Crippen LogP contribution in [0.25, 0.3) is 0 Å². The molecule has 0 fully saturated rings. The first-order valence-electron chi connectivity index (χ1n) is 4.97. The third-order valence-corrected chi connectivity index (χ3v) is 2.45. The topological polar surface area (TPSA) is 56.2 Å². The number of aromatic nitrogens is 2. The summed E-state index contributed by atoms with van der Waals surface area (Å²) in [5.41, 5.74) is 6.59. The van der Waals surface area contributed by atoms with E-state index in [9.17, 15) is 8.78 Å². The van der Waals surface area contributed by atoms with Crippen molar-refractivity contribution in [3.8, 4) is 0 Å². The van der Waals surface area contributed by atoms with Crippen molar-refractivity contribution in [2.24, 2.45) is 5.10 Å². The normalized spacial score (nSPS) is 11.3. The monoisotopic (exact) mass is 270 g/mol. The van der Waals surface area contributed by atoms with Gasteiger partial charge in [0.2, 0.25) is 5.95 Å². The van der Waals surface area contributed by atoms with Crippen LogP contribution in [0.15, 0.2) is 23.4 Å². The lowest BCUT2D eigenvalue weighted by atomic mass is 10.2. The number of benzene rings is 1. The molecule has 0 amide bonds. The number of nitrogens with two attached hydrogens (primary N) is 1. The van der Waals surface area contributed by atoms with Crippen LogP contribution in [-0.4, -0.2) is 15.9 Å². The van der Waals surface area contributed by atoms with Crippen molar-refractivity contribution in [2.45, 2.75) is 6.92 Å². The summed E-state index contributed by atoms with van der Waals surface area (Å²) in [6.07, 6.45) is 2.92. The highest BCUT2D eigenvalue weighted by Gasteiger charge is 2.08. The SMILES string of the molecule is Cc1cn(N=Cc2cc(F)c(F)c(Cl)c2)c(N)n1. The zero-order valence-electron chi connectivity index (χ0n) is 9.36. The maximum Gasteiger partial charge on any atom is 0.221 e. The molecule has 0 spiro atoms. The van der Waals surface area contributed by atoms with E-state index in [0.717, 1.165) is 6.07 Å². The second-order valence-corrected chi connectivity index (χ2v) is 4.04. The van der Waals surface area contributed by atoms with Crippen LogP contribution in [0.3, 0.4) is 0 Å². The van der Waals surface area contributed by atoms with Crippen molar-refractivity contribution in [1.82, 2.24) is 9.66 Å². The zero-order valence-corrected chi connectivity index (χ0v) is 10.1. The predicted octanol–water partition coefficient (Wildman–Crippen LogP) is 2.59. The van der Waals surface area contributed by atoms with Crippen molar-refractivity contribution in [3.63, 3.8) is 0 Å². The Morgan fingerprint density at radius 2 is 2.17 bits per heavy atom. The highest BCUT2D eigenvalue weighted by molar-refractivity contribution is 6.31. The van der Waals surface area contributed by atoms with Crippen LogP contribution in [-0.2, 0) is 0 Å². The summed E-state index contributed by atoms with van der Waals surface area (Å²) in [6.45, 7) is 1.76. The lowest BCUT2D eigenvalue weighted by Crippen LogP contribution is -1.97. The van der Waals surface area contributed by atoms with Crippen LogP contribution in [0.2, 0.25) is 5.02 Å². The summed E-state index contributed by atoms with van der Waals surface area (Å²) in [6, 6.07) is 2.26. The fourth-order valence-electron chi connectivity index (χ4n) is 1.37. The summed E-state index contributed by atoms with van der Waals surface area (Å²) in [4.78, 5) is 3.94. The number of rotatable bonds is 2. The van der Waals surface area contributed by atoms with Gasteiger partial charge < -0.3 is 5.73 Å². The van der Waals surface area contributed by atoms with Gasteiger partial charge in [-0.15, -0.1) is 0 Å². The van der Waals surface area contributed by atoms with Gasteiger partial charge in [-0.1, -0.05) is 11.6 Å². The molecular formula is C11H9ClF2N4. The highest BCUT2D eigenvalue weighted by atomic mass is 35.5. The number of imidazole rings is 1. The van der Waals surface area contributed by atoms with Gasteiger partial charge in [0.25, 0.3) is 0 Å². The fraction of sp³-hybridized carbons (Fsp3) is 0.0909. The van der Waals surface area contributed by atoms with Crippen molar-refractivity contribution in [2.75, 3.05) is 5.73 Å². The van der Waals surface area contributed by atoms with Gasteiger partial charge in [0.1, 0.15) is 0 Å². The summed E-state index contributed by atoms with van der Waals surface area (Å²) < 4.78 is 27.4. The van der Waals surface area contributed by atoms with E-state index in [0.29, 0.717) is 11.3 Å². The number of aryl methyl sites for hydroxylation is 1. The smallest absolute Gasteiger partial charge is 0.221 e. The van der Waals surface area contributed by atoms with Gasteiger partial charge in [-0.2, -0.15) is 5.10 Å². The molecule has 2 aromatic rings. The molecule has 0 bridgehead atoms. The summed E-state index contributed by atoms with van der Waals surface area (Å²) in [5, 5.41) is 3.67. The van der Waals surface area contributed by atoms with Crippen molar-refractivity contribution in [3.05, 3.63) is 46.2 Å². The molecule has 1 aromatic carbocycles. The van der Waals surface area contributed by atoms with E-state index in [1.54, 1.807) is 13.1 Å². The van der Waals surface area contributed by atoms with E-state index in [-0.39, 0.29) is 11.0 Å². The van der Waals surface area contributed by atoms with Gasteiger partial charge in [0.15, 0.2) is 11.6 Å². The minimum Gasteiger partial charge on any atom is -0.368 e.